The summed E-state index contributed by atoms with van der Waals surface area (Å²) in [6.45, 7) is 6.10. The minimum absolute atomic E-state index is 0.0819. The number of carbonyl (C=O) groups is 1. The van der Waals surface area contributed by atoms with Gasteiger partial charge in [0.1, 0.15) is 11.6 Å². The summed E-state index contributed by atoms with van der Waals surface area (Å²) in [6.07, 6.45) is 1.60. The van der Waals surface area contributed by atoms with E-state index in [0.717, 1.165) is 22.5 Å². The van der Waals surface area contributed by atoms with Crippen LogP contribution in [0.5, 0.6) is 0 Å². The lowest BCUT2D eigenvalue weighted by Crippen LogP contribution is -2.17. The number of nitriles is 1. The lowest BCUT2D eigenvalue weighted by Gasteiger charge is -2.14. The van der Waals surface area contributed by atoms with Gasteiger partial charge in [0.2, 0.25) is 5.95 Å². The number of hydrogen-bond donors (Lipinski definition) is 1. The Morgan fingerprint density at radius 2 is 1.93 bits per heavy atom. The summed E-state index contributed by atoms with van der Waals surface area (Å²) < 4.78 is 3.60. The first-order valence-electron chi connectivity index (χ1n) is 9.73. The average molecular weight is 398 g/mol. The summed E-state index contributed by atoms with van der Waals surface area (Å²) in [5.41, 5.74) is 5.18. The Bertz CT molecular complexity index is 1310. The molecule has 4 rings (SSSR count). The van der Waals surface area contributed by atoms with Crippen molar-refractivity contribution in [3.63, 3.8) is 0 Å². The van der Waals surface area contributed by atoms with Crippen LogP contribution in [0.15, 0.2) is 48.7 Å². The van der Waals surface area contributed by atoms with E-state index in [4.69, 9.17) is 0 Å². The van der Waals surface area contributed by atoms with E-state index in [1.807, 2.05) is 62.8 Å². The van der Waals surface area contributed by atoms with Gasteiger partial charge in [0, 0.05) is 7.05 Å². The highest BCUT2D eigenvalue weighted by atomic mass is 16.1. The van der Waals surface area contributed by atoms with Crippen LogP contribution < -0.4 is 5.32 Å². The summed E-state index contributed by atoms with van der Waals surface area (Å²) in [4.78, 5) is 17.7. The van der Waals surface area contributed by atoms with Crippen LogP contribution in [-0.2, 0) is 7.05 Å². The number of nitrogens with zero attached hydrogens (tertiary/aromatic N) is 5. The van der Waals surface area contributed by atoms with Gasteiger partial charge < -0.3 is 4.57 Å². The normalized spacial score (nSPS) is 11.1. The maximum Gasteiger partial charge on any atom is 0.261 e. The molecule has 0 aliphatic rings. The van der Waals surface area contributed by atoms with E-state index in [0.29, 0.717) is 22.6 Å². The molecular weight excluding hydrogens is 376 g/mol. The number of aromatic nitrogens is 4. The van der Waals surface area contributed by atoms with Crippen LogP contribution in [0, 0.1) is 18.3 Å². The largest absolute Gasteiger partial charge is 0.313 e. The fourth-order valence-corrected chi connectivity index (χ4v) is 3.67. The van der Waals surface area contributed by atoms with Crippen LogP contribution in [0.2, 0.25) is 0 Å². The van der Waals surface area contributed by atoms with Crippen molar-refractivity contribution in [2.24, 2.45) is 7.05 Å². The minimum atomic E-state index is -0.282. The predicted octanol–water partition coefficient (Wildman–Crippen LogP) is 4.31. The molecule has 0 atom stereocenters. The van der Waals surface area contributed by atoms with Gasteiger partial charge in [0.25, 0.3) is 5.91 Å². The van der Waals surface area contributed by atoms with Crippen molar-refractivity contribution >= 4 is 22.9 Å². The van der Waals surface area contributed by atoms with Gasteiger partial charge in [0.05, 0.1) is 34.2 Å². The maximum atomic E-state index is 13.2. The second-order valence-electron chi connectivity index (χ2n) is 7.53. The molecule has 0 aliphatic carbocycles. The number of fused-ring (bicyclic) bond motifs is 1. The highest BCUT2D eigenvalue weighted by molar-refractivity contribution is 6.05. The van der Waals surface area contributed by atoms with Crippen LogP contribution in [0.3, 0.4) is 0 Å². The highest BCUT2D eigenvalue weighted by Crippen LogP contribution is 2.26. The summed E-state index contributed by atoms with van der Waals surface area (Å²) in [7, 11) is 1.81. The van der Waals surface area contributed by atoms with E-state index in [1.165, 1.54) is 0 Å². The summed E-state index contributed by atoms with van der Waals surface area (Å²) in [5.74, 6) is 0.185. The van der Waals surface area contributed by atoms with E-state index in [9.17, 15) is 10.1 Å². The quantitative estimate of drug-likeness (QED) is 0.555. The Hall–Kier alpha value is -3.92. The van der Waals surface area contributed by atoms with Crippen molar-refractivity contribution in [3.8, 4) is 11.8 Å². The molecule has 7 heteroatoms. The number of amides is 1. The van der Waals surface area contributed by atoms with Crippen LogP contribution >= 0.6 is 0 Å². The number of benzene rings is 2. The van der Waals surface area contributed by atoms with Crippen molar-refractivity contribution in [2.45, 2.75) is 26.7 Å². The molecule has 30 heavy (non-hydrogen) atoms. The van der Waals surface area contributed by atoms with E-state index in [2.05, 4.69) is 21.5 Å². The predicted molar refractivity (Wildman–Crippen MR) is 116 cm³/mol. The summed E-state index contributed by atoms with van der Waals surface area (Å²) in [5, 5.41) is 16.7. The molecule has 0 unspecified atom stereocenters. The van der Waals surface area contributed by atoms with Crippen molar-refractivity contribution in [2.75, 3.05) is 5.32 Å². The third-order valence-corrected chi connectivity index (χ3v) is 5.20. The van der Waals surface area contributed by atoms with Gasteiger partial charge in [-0.25, -0.2) is 9.67 Å². The average Bonchev–Trinajstić information content (AvgIpc) is 3.30. The summed E-state index contributed by atoms with van der Waals surface area (Å²) in [6, 6.07) is 15.5. The van der Waals surface area contributed by atoms with Crippen molar-refractivity contribution in [3.05, 3.63) is 71.0 Å². The smallest absolute Gasteiger partial charge is 0.261 e. The molecule has 2 heterocycles. The molecule has 1 N–H and O–H groups in total. The SMILES string of the molecule is Cc1ccccc1-n1ncc(C(=O)Nc2nc3c(C#N)cccc3n2C)c1C(C)C. The lowest BCUT2D eigenvalue weighted by molar-refractivity contribution is 0.102. The molecule has 1 amide bonds. The molecule has 0 spiro atoms. The Kier molecular flexibility index (Phi) is 4.84. The van der Waals surface area contributed by atoms with E-state index in [1.54, 1.807) is 22.9 Å². The van der Waals surface area contributed by atoms with Crippen molar-refractivity contribution in [1.82, 2.24) is 19.3 Å². The van der Waals surface area contributed by atoms with Crippen LogP contribution in [0.25, 0.3) is 16.7 Å². The third kappa shape index (κ3) is 3.12. The minimum Gasteiger partial charge on any atom is -0.313 e. The first-order chi connectivity index (χ1) is 14.4. The van der Waals surface area contributed by atoms with Crippen molar-refractivity contribution < 1.29 is 4.79 Å². The molecule has 0 saturated carbocycles. The zero-order valence-electron chi connectivity index (χ0n) is 17.3. The Balaban J connectivity index is 1.75. The molecule has 0 bridgehead atoms. The van der Waals surface area contributed by atoms with Gasteiger partial charge >= 0.3 is 0 Å². The fraction of sp³-hybridized carbons (Fsp3) is 0.217. The number of aryl methyl sites for hydroxylation is 2. The number of carbonyl (C=O) groups excluding carboxylic acids is 1. The third-order valence-electron chi connectivity index (χ3n) is 5.20. The van der Waals surface area contributed by atoms with Gasteiger partial charge in [-0.1, -0.05) is 38.1 Å². The van der Waals surface area contributed by atoms with Gasteiger partial charge in [-0.15, -0.1) is 0 Å². The van der Waals surface area contributed by atoms with E-state index < -0.39 is 0 Å². The Morgan fingerprint density at radius 3 is 2.63 bits per heavy atom. The molecular formula is C23H22N6O. The van der Waals surface area contributed by atoms with Crippen molar-refractivity contribution in [1.29, 1.82) is 5.26 Å². The van der Waals surface area contributed by atoms with Gasteiger partial charge in [-0.05, 0) is 36.6 Å². The van der Waals surface area contributed by atoms with E-state index in [-0.39, 0.29) is 11.8 Å². The van der Waals surface area contributed by atoms with Gasteiger partial charge in [0.15, 0.2) is 0 Å². The fourth-order valence-electron chi connectivity index (χ4n) is 3.67. The summed E-state index contributed by atoms with van der Waals surface area (Å²) >= 11 is 0. The Labute approximate surface area is 174 Å². The molecule has 0 radical (unpaired) electrons. The molecule has 150 valence electrons. The highest BCUT2D eigenvalue weighted by Gasteiger charge is 2.23. The molecule has 2 aromatic carbocycles. The molecule has 2 aromatic heterocycles. The molecule has 7 nitrogen and oxygen atoms in total. The first kappa shape index (κ1) is 19.4. The standard InChI is InChI=1S/C23H22N6O/c1-14(2)21-17(13-25-29(21)18-10-6-5-8-15(18)3)22(30)27-23-26-20-16(12-24)9-7-11-19(20)28(23)4/h5-11,13-14H,1-4H3,(H,26,27,30). The van der Waals surface area contributed by atoms with E-state index >= 15 is 0 Å². The molecule has 0 fully saturated rings. The monoisotopic (exact) mass is 398 g/mol. The van der Waals surface area contributed by atoms with Gasteiger partial charge in [-0.3, -0.25) is 10.1 Å². The van der Waals surface area contributed by atoms with Crippen LogP contribution in [0.1, 0.15) is 46.9 Å². The van der Waals surface area contributed by atoms with Crippen LogP contribution in [0.4, 0.5) is 5.95 Å². The zero-order valence-corrected chi connectivity index (χ0v) is 17.3. The molecule has 0 saturated heterocycles. The second-order valence-corrected chi connectivity index (χ2v) is 7.53. The first-order valence-corrected chi connectivity index (χ1v) is 9.73. The second kappa shape index (κ2) is 7.48. The maximum absolute atomic E-state index is 13.2. The number of para-hydroxylation sites is 2. The number of imidazole rings is 1. The number of nitrogens with one attached hydrogen (secondary N) is 1. The van der Waals surface area contributed by atoms with Crippen LogP contribution in [-0.4, -0.2) is 25.2 Å². The molecule has 4 aromatic rings. The number of hydrogen-bond acceptors (Lipinski definition) is 4. The topological polar surface area (TPSA) is 88.5 Å². The zero-order chi connectivity index (χ0) is 21.4. The van der Waals surface area contributed by atoms with Gasteiger partial charge in [-0.2, -0.15) is 10.4 Å². The number of anilines is 1. The number of rotatable bonds is 4. The lowest BCUT2D eigenvalue weighted by atomic mass is 10.0. The Morgan fingerprint density at radius 1 is 1.17 bits per heavy atom. The molecule has 0 aliphatic heterocycles.